The molecule has 1 aliphatic heterocycles. The Morgan fingerprint density at radius 3 is 2.56 bits per heavy atom. The number of hydrogen-bond donors (Lipinski definition) is 1. The zero-order chi connectivity index (χ0) is 24.2. The SMILES string of the molecule is COc1ccc(OC)c(C2C3=C(CC(C)(C)CC3=O)Nc3nc(-c4ccc(Cl)c(Cl)c4)nn32)c1. The van der Waals surface area contributed by atoms with E-state index in [1.807, 2.05) is 24.3 Å². The fraction of sp³-hybridized carbons (Fsp3) is 0.320. The number of rotatable bonds is 4. The van der Waals surface area contributed by atoms with E-state index in [1.165, 1.54) is 0 Å². The second-order valence-electron chi connectivity index (χ2n) is 9.30. The van der Waals surface area contributed by atoms with Crippen molar-refractivity contribution in [2.45, 2.75) is 32.7 Å². The number of carbonyl (C=O) groups excluding carboxylic acids is 1. The third-order valence-electron chi connectivity index (χ3n) is 6.24. The summed E-state index contributed by atoms with van der Waals surface area (Å²) < 4.78 is 12.9. The summed E-state index contributed by atoms with van der Waals surface area (Å²) in [4.78, 5) is 18.2. The fourth-order valence-corrected chi connectivity index (χ4v) is 5.01. The van der Waals surface area contributed by atoms with Crippen LogP contribution in [0, 0.1) is 5.41 Å². The average Bonchev–Trinajstić information content (AvgIpc) is 3.22. The maximum absolute atomic E-state index is 13.5. The van der Waals surface area contributed by atoms with Crippen molar-refractivity contribution in [3.05, 3.63) is 63.3 Å². The van der Waals surface area contributed by atoms with E-state index in [-0.39, 0.29) is 11.2 Å². The first kappa shape index (κ1) is 22.7. The third-order valence-corrected chi connectivity index (χ3v) is 6.98. The summed E-state index contributed by atoms with van der Waals surface area (Å²) in [5, 5.41) is 9.06. The number of nitrogens with one attached hydrogen (secondary N) is 1. The second kappa shape index (κ2) is 8.32. The molecule has 2 heterocycles. The van der Waals surface area contributed by atoms with Crippen LogP contribution in [0.3, 0.4) is 0 Å². The van der Waals surface area contributed by atoms with E-state index in [2.05, 4.69) is 19.2 Å². The molecule has 0 bridgehead atoms. The molecule has 3 aromatic rings. The second-order valence-corrected chi connectivity index (χ2v) is 10.1. The number of ether oxygens (including phenoxy) is 2. The molecule has 176 valence electrons. The van der Waals surface area contributed by atoms with Gasteiger partial charge in [-0.15, -0.1) is 5.10 Å². The number of nitrogens with zero attached hydrogens (tertiary/aromatic N) is 3. The summed E-state index contributed by atoms with van der Waals surface area (Å²) in [6, 6.07) is 10.3. The molecule has 1 aliphatic carbocycles. The molecule has 0 spiro atoms. The zero-order valence-electron chi connectivity index (χ0n) is 19.3. The first-order chi connectivity index (χ1) is 16.2. The first-order valence-electron chi connectivity index (χ1n) is 10.9. The number of methoxy groups -OCH3 is 2. The van der Waals surface area contributed by atoms with Crippen LogP contribution in [-0.2, 0) is 4.79 Å². The molecule has 0 amide bonds. The lowest BCUT2D eigenvalue weighted by atomic mass is 9.73. The van der Waals surface area contributed by atoms with Crippen molar-refractivity contribution in [1.82, 2.24) is 14.8 Å². The molecule has 2 aromatic carbocycles. The van der Waals surface area contributed by atoms with Gasteiger partial charge in [0.2, 0.25) is 5.95 Å². The highest BCUT2D eigenvalue weighted by Gasteiger charge is 2.43. The standard InChI is InChI=1S/C25H24Cl2N4O3/c1-25(2)11-18-21(19(32)12-25)22(15-10-14(33-3)6-8-20(15)34-4)31-24(28-18)29-23(30-31)13-5-7-16(26)17(27)9-13/h5-10,22H,11-12H2,1-4H3,(H,28,29,30). The number of hydrogen-bond acceptors (Lipinski definition) is 6. The molecular formula is C25H24Cl2N4O3. The molecule has 0 saturated carbocycles. The summed E-state index contributed by atoms with van der Waals surface area (Å²) >= 11 is 12.3. The number of halogens is 2. The predicted molar refractivity (Wildman–Crippen MR) is 132 cm³/mol. The molecule has 5 rings (SSSR count). The number of Topliss-reactive ketones (excluding diaryl/α,β-unsaturated/α-hetero) is 1. The van der Waals surface area contributed by atoms with Crippen molar-refractivity contribution < 1.29 is 14.3 Å². The van der Waals surface area contributed by atoms with E-state index in [4.69, 9.17) is 42.8 Å². The zero-order valence-corrected chi connectivity index (χ0v) is 20.8. The van der Waals surface area contributed by atoms with Crippen LogP contribution < -0.4 is 14.8 Å². The third kappa shape index (κ3) is 3.83. The van der Waals surface area contributed by atoms with Gasteiger partial charge in [0.25, 0.3) is 0 Å². The smallest absolute Gasteiger partial charge is 0.226 e. The number of fused-ring (bicyclic) bond motifs is 1. The molecule has 2 aliphatic rings. The maximum Gasteiger partial charge on any atom is 0.226 e. The van der Waals surface area contributed by atoms with Crippen molar-refractivity contribution in [2.75, 3.05) is 19.5 Å². The Morgan fingerprint density at radius 1 is 1.06 bits per heavy atom. The van der Waals surface area contributed by atoms with E-state index in [9.17, 15) is 4.79 Å². The lowest BCUT2D eigenvalue weighted by Gasteiger charge is -2.38. The van der Waals surface area contributed by atoms with Gasteiger partial charge < -0.3 is 14.8 Å². The van der Waals surface area contributed by atoms with Gasteiger partial charge >= 0.3 is 0 Å². The van der Waals surface area contributed by atoms with Crippen LogP contribution >= 0.6 is 23.2 Å². The van der Waals surface area contributed by atoms with Gasteiger partial charge in [-0.1, -0.05) is 37.0 Å². The molecule has 7 nitrogen and oxygen atoms in total. The van der Waals surface area contributed by atoms with Crippen LogP contribution in [0.5, 0.6) is 11.5 Å². The molecule has 0 radical (unpaired) electrons. The number of anilines is 1. The maximum atomic E-state index is 13.5. The topological polar surface area (TPSA) is 78.3 Å². The van der Waals surface area contributed by atoms with Crippen LogP contribution in [0.4, 0.5) is 5.95 Å². The number of allylic oxidation sites excluding steroid dienone is 2. The Balaban J connectivity index is 1.73. The van der Waals surface area contributed by atoms with Crippen molar-refractivity contribution in [1.29, 1.82) is 0 Å². The largest absolute Gasteiger partial charge is 0.497 e. The van der Waals surface area contributed by atoms with E-state index < -0.39 is 6.04 Å². The Morgan fingerprint density at radius 2 is 1.85 bits per heavy atom. The van der Waals surface area contributed by atoms with Crippen molar-refractivity contribution in [3.8, 4) is 22.9 Å². The number of carbonyl (C=O) groups is 1. The molecular weight excluding hydrogens is 475 g/mol. The quantitative estimate of drug-likeness (QED) is 0.480. The summed E-state index contributed by atoms with van der Waals surface area (Å²) in [5.41, 5.74) is 2.86. The van der Waals surface area contributed by atoms with Crippen LogP contribution in [0.1, 0.15) is 38.3 Å². The predicted octanol–water partition coefficient (Wildman–Crippen LogP) is 5.93. The van der Waals surface area contributed by atoms with Gasteiger partial charge in [-0.05, 0) is 48.2 Å². The van der Waals surface area contributed by atoms with E-state index in [0.29, 0.717) is 51.7 Å². The molecule has 1 N–H and O–H groups in total. The van der Waals surface area contributed by atoms with E-state index >= 15 is 0 Å². The van der Waals surface area contributed by atoms with Crippen LogP contribution in [0.15, 0.2) is 47.7 Å². The van der Waals surface area contributed by atoms with E-state index in [0.717, 1.165) is 16.8 Å². The normalized spacial score (nSPS) is 18.8. The van der Waals surface area contributed by atoms with Gasteiger partial charge in [0.05, 0.1) is 24.3 Å². The van der Waals surface area contributed by atoms with E-state index in [1.54, 1.807) is 31.0 Å². The molecule has 0 saturated heterocycles. The summed E-state index contributed by atoms with van der Waals surface area (Å²) in [7, 11) is 3.22. The van der Waals surface area contributed by atoms with Gasteiger partial charge in [-0.2, -0.15) is 4.98 Å². The highest BCUT2D eigenvalue weighted by molar-refractivity contribution is 6.42. The number of ketones is 1. The Labute approximate surface area is 207 Å². The Kier molecular flexibility index (Phi) is 5.57. The van der Waals surface area contributed by atoms with Crippen LogP contribution in [0.25, 0.3) is 11.4 Å². The number of benzene rings is 2. The first-order valence-corrected chi connectivity index (χ1v) is 11.6. The number of aromatic nitrogens is 3. The Hall–Kier alpha value is -3.03. The fourth-order valence-electron chi connectivity index (χ4n) is 4.71. The summed E-state index contributed by atoms with van der Waals surface area (Å²) in [5.74, 6) is 2.38. The summed E-state index contributed by atoms with van der Waals surface area (Å²) in [6.45, 7) is 4.19. The highest BCUT2D eigenvalue weighted by Crippen LogP contribution is 2.48. The minimum atomic E-state index is -0.524. The molecule has 0 fully saturated rings. The van der Waals surface area contributed by atoms with Gasteiger partial charge in [0.1, 0.15) is 17.5 Å². The molecule has 34 heavy (non-hydrogen) atoms. The van der Waals surface area contributed by atoms with Crippen LogP contribution in [-0.4, -0.2) is 34.8 Å². The molecule has 9 heteroatoms. The Bertz CT molecular complexity index is 1350. The molecule has 1 aromatic heterocycles. The minimum Gasteiger partial charge on any atom is -0.497 e. The average molecular weight is 499 g/mol. The summed E-state index contributed by atoms with van der Waals surface area (Å²) in [6.07, 6.45) is 1.16. The van der Waals surface area contributed by atoms with Crippen molar-refractivity contribution in [3.63, 3.8) is 0 Å². The molecule has 1 atom stereocenters. The minimum absolute atomic E-state index is 0.0749. The van der Waals surface area contributed by atoms with Gasteiger partial charge in [-0.25, -0.2) is 4.68 Å². The lowest BCUT2D eigenvalue weighted by Crippen LogP contribution is -2.36. The lowest BCUT2D eigenvalue weighted by molar-refractivity contribution is -0.118. The van der Waals surface area contributed by atoms with Crippen LogP contribution in [0.2, 0.25) is 10.0 Å². The van der Waals surface area contributed by atoms with Crippen molar-refractivity contribution >= 4 is 34.9 Å². The highest BCUT2D eigenvalue weighted by atomic mass is 35.5. The van der Waals surface area contributed by atoms with Crippen molar-refractivity contribution in [2.24, 2.45) is 5.41 Å². The monoisotopic (exact) mass is 498 g/mol. The van der Waals surface area contributed by atoms with Gasteiger partial charge in [-0.3, -0.25) is 4.79 Å². The van der Waals surface area contributed by atoms with Gasteiger partial charge in [0, 0.05) is 28.8 Å². The van der Waals surface area contributed by atoms with Gasteiger partial charge in [0.15, 0.2) is 11.6 Å². The molecule has 1 unspecified atom stereocenters.